The van der Waals surface area contributed by atoms with Crippen molar-refractivity contribution in [3.8, 4) is 11.1 Å². The van der Waals surface area contributed by atoms with Crippen molar-refractivity contribution in [2.75, 3.05) is 13.6 Å². The normalized spacial score (nSPS) is 10.9. The number of hydrogen-bond donors (Lipinski definition) is 1. The summed E-state index contributed by atoms with van der Waals surface area (Å²) >= 11 is 5.94. The van der Waals surface area contributed by atoms with Gasteiger partial charge in [0.1, 0.15) is 0 Å². The van der Waals surface area contributed by atoms with Crippen molar-refractivity contribution in [2.24, 2.45) is 7.05 Å². The molecule has 0 unspecified atom stereocenters. The van der Waals surface area contributed by atoms with E-state index in [0.717, 1.165) is 23.7 Å². The lowest BCUT2D eigenvalue weighted by atomic mass is 10.0. The Labute approximate surface area is 113 Å². The lowest BCUT2D eigenvalue weighted by molar-refractivity contribution is 0.678. The molecule has 3 nitrogen and oxygen atoms in total. The van der Waals surface area contributed by atoms with Gasteiger partial charge in [-0.25, -0.2) is 0 Å². The number of rotatable bonds is 4. The van der Waals surface area contributed by atoms with Crippen molar-refractivity contribution in [3.63, 3.8) is 0 Å². The Morgan fingerprint density at radius 3 is 2.56 bits per heavy atom. The van der Waals surface area contributed by atoms with Crippen molar-refractivity contribution in [3.05, 3.63) is 40.7 Å². The summed E-state index contributed by atoms with van der Waals surface area (Å²) < 4.78 is 1.97. The second kappa shape index (κ2) is 5.55. The Bertz CT molecular complexity index is 529. The van der Waals surface area contributed by atoms with Crippen LogP contribution in [-0.2, 0) is 13.5 Å². The molecule has 2 aromatic rings. The molecule has 0 aliphatic rings. The summed E-state index contributed by atoms with van der Waals surface area (Å²) in [4.78, 5) is 0. The van der Waals surface area contributed by atoms with Crippen LogP contribution in [0.5, 0.6) is 0 Å². The first-order valence-electron chi connectivity index (χ1n) is 6.06. The van der Waals surface area contributed by atoms with Gasteiger partial charge in [-0.2, -0.15) is 5.10 Å². The van der Waals surface area contributed by atoms with Gasteiger partial charge in [0.15, 0.2) is 0 Å². The molecule has 0 aliphatic heterocycles. The highest BCUT2D eigenvalue weighted by Gasteiger charge is 2.14. The van der Waals surface area contributed by atoms with Crippen LogP contribution in [0.25, 0.3) is 11.1 Å². The van der Waals surface area contributed by atoms with Crippen molar-refractivity contribution in [1.29, 1.82) is 0 Å². The van der Waals surface area contributed by atoms with E-state index in [4.69, 9.17) is 11.6 Å². The zero-order valence-electron chi connectivity index (χ0n) is 11.0. The third-order valence-electron chi connectivity index (χ3n) is 3.09. The average molecular weight is 264 g/mol. The molecule has 0 bridgehead atoms. The number of nitrogens with one attached hydrogen (secondary N) is 1. The van der Waals surface area contributed by atoms with E-state index in [-0.39, 0.29) is 0 Å². The zero-order valence-corrected chi connectivity index (χ0v) is 11.8. The Balaban J connectivity index is 2.45. The van der Waals surface area contributed by atoms with E-state index >= 15 is 0 Å². The van der Waals surface area contributed by atoms with E-state index in [1.54, 1.807) is 0 Å². The Hall–Kier alpha value is -1.32. The molecule has 1 heterocycles. The summed E-state index contributed by atoms with van der Waals surface area (Å²) in [5.41, 5.74) is 4.72. The van der Waals surface area contributed by atoms with E-state index in [1.165, 1.54) is 16.8 Å². The van der Waals surface area contributed by atoms with E-state index in [0.29, 0.717) is 0 Å². The number of nitrogens with zero attached hydrogens (tertiary/aromatic N) is 2. The summed E-state index contributed by atoms with van der Waals surface area (Å²) in [6.07, 6.45) is 0.964. The topological polar surface area (TPSA) is 29.9 Å². The molecule has 96 valence electrons. The van der Waals surface area contributed by atoms with Crippen LogP contribution in [0, 0.1) is 6.92 Å². The Morgan fingerprint density at radius 1 is 1.28 bits per heavy atom. The molecule has 0 amide bonds. The minimum atomic E-state index is 0.761. The molecule has 0 fully saturated rings. The monoisotopic (exact) mass is 263 g/mol. The van der Waals surface area contributed by atoms with Gasteiger partial charge in [0.05, 0.1) is 5.69 Å². The summed E-state index contributed by atoms with van der Waals surface area (Å²) in [7, 11) is 3.96. The van der Waals surface area contributed by atoms with Crippen LogP contribution in [0.15, 0.2) is 24.3 Å². The van der Waals surface area contributed by atoms with Crippen LogP contribution in [-0.4, -0.2) is 23.4 Å². The van der Waals surface area contributed by atoms with Gasteiger partial charge in [-0.15, -0.1) is 0 Å². The molecule has 0 saturated heterocycles. The molecule has 4 heteroatoms. The molecule has 0 saturated carbocycles. The highest BCUT2D eigenvalue weighted by Crippen LogP contribution is 2.28. The first kappa shape index (κ1) is 13.1. The fourth-order valence-electron chi connectivity index (χ4n) is 2.23. The van der Waals surface area contributed by atoms with Gasteiger partial charge in [0, 0.05) is 36.3 Å². The summed E-state index contributed by atoms with van der Waals surface area (Å²) in [5, 5.41) is 8.46. The molecule has 1 aromatic carbocycles. The maximum Gasteiger partial charge on any atom is 0.0674 e. The van der Waals surface area contributed by atoms with Gasteiger partial charge in [-0.05, 0) is 31.7 Å². The van der Waals surface area contributed by atoms with Gasteiger partial charge < -0.3 is 5.32 Å². The molecule has 0 atom stereocenters. The predicted octanol–water partition coefficient (Wildman–Crippen LogP) is 2.81. The summed E-state index contributed by atoms with van der Waals surface area (Å²) in [6, 6.07) is 7.95. The third-order valence-corrected chi connectivity index (χ3v) is 3.34. The minimum absolute atomic E-state index is 0.761. The predicted molar refractivity (Wildman–Crippen MR) is 76.0 cm³/mol. The SMILES string of the molecule is CNCCc1c(-c2ccc(Cl)cc2)c(C)nn1C. The molecule has 0 spiro atoms. The highest BCUT2D eigenvalue weighted by atomic mass is 35.5. The highest BCUT2D eigenvalue weighted by molar-refractivity contribution is 6.30. The van der Waals surface area contributed by atoms with Crippen molar-refractivity contribution in [1.82, 2.24) is 15.1 Å². The molecule has 1 N–H and O–H groups in total. The van der Waals surface area contributed by atoms with Crippen molar-refractivity contribution in [2.45, 2.75) is 13.3 Å². The molecule has 18 heavy (non-hydrogen) atoms. The third kappa shape index (κ3) is 2.57. The van der Waals surface area contributed by atoms with E-state index in [1.807, 2.05) is 37.8 Å². The smallest absolute Gasteiger partial charge is 0.0674 e. The number of aromatic nitrogens is 2. The lowest BCUT2D eigenvalue weighted by Gasteiger charge is -2.07. The van der Waals surface area contributed by atoms with Crippen molar-refractivity contribution < 1.29 is 0 Å². The van der Waals surface area contributed by atoms with Crippen LogP contribution in [0.4, 0.5) is 0 Å². The average Bonchev–Trinajstić information content (AvgIpc) is 2.62. The molecule has 2 rings (SSSR count). The van der Waals surface area contributed by atoms with Crippen molar-refractivity contribution >= 4 is 11.6 Å². The van der Waals surface area contributed by atoms with Gasteiger partial charge in [-0.1, -0.05) is 23.7 Å². The lowest BCUT2D eigenvalue weighted by Crippen LogP contribution is -2.13. The van der Waals surface area contributed by atoms with Crippen LogP contribution < -0.4 is 5.32 Å². The van der Waals surface area contributed by atoms with E-state index in [2.05, 4.69) is 22.5 Å². The molecule has 1 aromatic heterocycles. The standard InChI is InChI=1S/C14H18ClN3/c1-10-14(11-4-6-12(15)7-5-11)13(8-9-16-2)18(3)17-10/h4-7,16H,8-9H2,1-3H3. The summed E-state index contributed by atoms with van der Waals surface area (Å²) in [5.74, 6) is 0. The van der Waals surface area contributed by atoms with Gasteiger partial charge >= 0.3 is 0 Å². The number of aryl methyl sites for hydroxylation is 2. The van der Waals surface area contributed by atoms with E-state index < -0.39 is 0 Å². The number of halogens is 1. The number of hydrogen-bond acceptors (Lipinski definition) is 2. The summed E-state index contributed by atoms with van der Waals surface area (Å²) in [6.45, 7) is 2.99. The van der Waals surface area contributed by atoms with Gasteiger partial charge in [0.2, 0.25) is 0 Å². The molecule has 0 radical (unpaired) electrons. The minimum Gasteiger partial charge on any atom is -0.319 e. The molecular weight excluding hydrogens is 246 g/mol. The van der Waals surface area contributed by atoms with Gasteiger partial charge in [0.25, 0.3) is 0 Å². The quantitative estimate of drug-likeness (QED) is 0.919. The fraction of sp³-hybridized carbons (Fsp3) is 0.357. The first-order chi connectivity index (χ1) is 8.63. The largest absolute Gasteiger partial charge is 0.319 e. The van der Waals surface area contributed by atoms with Crippen LogP contribution in [0.1, 0.15) is 11.4 Å². The van der Waals surface area contributed by atoms with Crippen LogP contribution in [0.2, 0.25) is 5.02 Å². The second-order valence-electron chi connectivity index (χ2n) is 4.39. The maximum atomic E-state index is 5.94. The number of likely N-dealkylation sites (N-methyl/N-ethyl adjacent to an activating group) is 1. The maximum absolute atomic E-state index is 5.94. The van der Waals surface area contributed by atoms with Gasteiger partial charge in [-0.3, -0.25) is 4.68 Å². The Morgan fingerprint density at radius 2 is 1.94 bits per heavy atom. The van der Waals surface area contributed by atoms with Crippen LogP contribution >= 0.6 is 11.6 Å². The zero-order chi connectivity index (χ0) is 13.1. The fourth-order valence-corrected chi connectivity index (χ4v) is 2.35. The number of benzene rings is 1. The Kier molecular flexibility index (Phi) is 4.04. The molecule has 0 aliphatic carbocycles. The molecular formula is C14H18ClN3. The first-order valence-corrected chi connectivity index (χ1v) is 6.44. The second-order valence-corrected chi connectivity index (χ2v) is 4.83. The van der Waals surface area contributed by atoms with E-state index in [9.17, 15) is 0 Å². The van der Waals surface area contributed by atoms with Crippen LogP contribution in [0.3, 0.4) is 0 Å².